The normalized spacial score (nSPS) is 17.0. The van der Waals surface area contributed by atoms with Crippen LogP contribution >= 0.6 is 0 Å². The van der Waals surface area contributed by atoms with Crippen LogP contribution < -0.4 is 0 Å². The van der Waals surface area contributed by atoms with Gasteiger partial charge in [-0.1, -0.05) is 43.3 Å². The van der Waals surface area contributed by atoms with E-state index in [1.54, 1.807) is 0 Å². The first-order valence-corrected chi connectivity index (χ1v) is 8.19. The molecule has 0 aliphatic carbocycles. The molecule has 3 heteroatoms. The summed E-state index contributed by atoms with van der Waals surface area (Å²) in [6.45, 7) is 5.00. The van der Waals surface area contributed by atoms with E-state index in [0.29, 0.717) is 0 Å². The Bertz CT molecular complexity index is 894. The van der Waals surface area contributed by atoms with E-state index >= 15 is 0 Å². The predicted octanol–water partition coefficient (Wildman–Crippen LogP) is 4.43. The number of H-pyrrole nitrogens is 1. The van der Waals surface area contributed by atoms with Gasteiger partial charge in [0.1, 0.15) is 0 Å². The predicted molar refractivity (Wildman–Crippen MR) is 92.6 cm³/mol. The number of nitrogens with one attached hydrogen (secondary N) is 1. The second kappa shape index (κ2) is 5.27. The second-order valence-corrected chi connectivity index (χ2v) is 6.20. The van der Waals surface area contributed by atoms with Crippen LogP contribution in [0.25, 0.3) is 10.9 Å². The Balaban J connectivity index is 1.97. The monoisotopic (exact) mass is 304 g/mol. The van der Waals surface area contributed by atoms with E-state index in [0.717, 1.165) is 35.3 Å². The SMILES string of the molecule is CCCN1C(=O)c2ccccc2[C@H]1c1c(C)[nH]c2ccccc12. The molecule has 0 radical (unpaired) electrons. The van der Waals surface area contributed by atoms with Gasteiger partial charge in [0.05, 0.1) is 6.04 Å². The van der Waals surface area contributed by atoms with Crippen LogP contribution in [-0.4, -0.2) is 22.3 Å². The van der Waals surface area contributed by atoms with E-state index in [4.69, 9.17) is 0 Å². The zero-order chi connectivity index (χ0) is 16.0. The lowest BCUT2D eigenvalue weighted by Gasteiger charge is -2.25. The van der Waals surface area contributed by atoms with E-state index in [9.17, 15) is 4.79 Å². The van der Waals surface area contributed by atoms with Crippen LogP contribution in [0, 0.1) is 6.92 Å². The Morgan fingerprint density at radius 2 is 1.83 bits per heavy atom. The molecule has 1 atom stereocenters. The number of para-hydroxylation sites is 1. The van der Waals surface area contributed by atoms with E-state index < -0.39 is 0 Å². The van der Waals surface area contributed by atoms with Gasteiger partial charge in [0, 0.05) is 34.3 Å². The highest BCUT2D eigenvalue weighted by molar-refractivity contribution is 6.01. The molecule has 0 saturated heterocycles. The Kier molecular flexibility index (Phi) is 3.22. The van der Waals surface area contributed by atoms with E-state index in [1.807, 2.05) is 29.2 Å². The summed E-state index contributed by atoms with van der Waals surface area (Å²) in [5, 5.41) is 1.21. The van der Waals surface area contributed by atoms with Gasteiger partial charge >= 0.3 is 0 Å². The van der Waals surface area contributed by atoms with Crippen LogP contribution in [0.2, 0.25) is 0 Å². The van der Waals surface area contributed by atoms with Crippen molar-refractivity contribution in [2.24, 2.45) is 0 Å². The smallest absolute Gasteiger partial charge is 0.255 e. The molecule has 1 amide bonds. The molecular weight excluding hydrogens is 284 g/mol. The number of nitrogens with zero attached hydrogens (tertiary/aromatic N) is 1. The van der Waals surface area contributed by atoms with Crippen LogP contribution in [-0.2, 0) is 0 Å². The number of aromatic amines is 1. The van der Waals surface area contributed by atoms with Crippen LogP contribution in [0.1, 0.15) is 46.6 Å². The minimum atomic E-state index is 0.00907. The number of aryl methyl sites for hydroxylation is 1. The number of fused-ring (bicyclic) bond motifs is 2. The van der Waals surface area contributed by atoms with E-state index in [-0.39, 0.29) is 11.9 Å². The Hall–Kier alpha value is -2.55. The zero-order valence-corrected chi connectivity index (χ0v) is 13.5. The van der Waals surface area contributed by atoms with Crippen molar-refractivity contribution in [3.8, 4) is 0 Å². The molecule has 3 aromatic rings. The summed E-state index contributed by atoms with van der Waals surface area (Å²) in [5.41, 5.74) is 5.47. The fraction of sp³-hybridized carbons (Fsp3) is 0.250. The highest BCUT2D eigenvalue weighted by atomic mass is 16.2. The summed E-state index contributed by atoms with van der Waals surface area (Å²) in [4.78, 5) is 18.4. The molecule has 1 N–H and O–H groups in total. The highest BCUT2D eigenvalue weighted by Crippen LogP contribution is 2.42. The molecule has 1 aromatic heterocycles. The maximum Gasteiger partial charge on any atom is 0.255 e. The van der Waals surface area contributed by atoms with Crippen molar-refractivity contribution in [3.05, 3.63) is 70.9 Å². The first-order valence-electron chi connectivity index (χ1n) is 8.19. The van der Waals surface area contributed by atoms with Gasteiger partial charge < -0.3 is 9.88 Å². The van der Waals surface area contributed by atoms with Gasteiger partial charge in [-0.3, -0.25) is 4.79 Å². The molecule has 0 bridgehead atoms. The molecular formula is C20H20N2O. The molecule has 0 fully saturated rings. The van der Waals surface area contributed by atoms with Crippen LogP contribution in [0.5, 0.6) is 0 Å². The molecule has 2 aromatic carbocycles. The van der Waals surface area contributed by atoms with Crippen molar-refractivity contribution in [2.45, 2.75) is 26.3 Å². The largest absolute Gasteiger partial charge is 0.358 e. The Labute approximate surface area is 135 Å². The van der Waals surface area contributed by atoms with E-state index in [1.165, 1.54) is 10.9 Å². The number of aromatic nitrogens is 1. The second-order valence-electron chi connectivity index (χ2n) is 6.20. The number of carbonyl (C=O) groups excluding carboxylic acids is 1. The summed E-state index contributed by atoms with van der Waals surface area (Å²) < 4.78 is 0. The standard InChI is InChI=1S/C20H20N2O/c1-3-12-22-19(14-8-4-5-9-15(14)20(22)23)18-13(2)21-17-11-7-6-10-16(17)18/h4-11,19,21H,3,12H2,1-2H3/t19-/m0/s1. The topological polar surface area (TPSA) is 36.1 Å². The van der Waals surface area contributed by atoms with Gasteiger partial charge in [-0.05, 0) is 31.0 Å². The molecule has 3 nitrogen and oxygen atoms in total. The number of amides is 1. The van der Waals surface area contributed by atoms with Gasteiger partial charge in [-0.2, -0.15) is 0 Å². The summed E-state index contributed by atoms with van der Waals surface area (Å²) in [6.07, 6.45) is 0.956. The quantitative estimate of drug-likeness (QED) is 0.763. The number of rotatable bonds is 3. The maximum absolute atomic E-state index is 12.9. The average Bonchev–Trinajstić information content (AvgIpc) is 3.03. The average molecular weight is 304 g/mol. The lowest BCUT2D eigenvalue weighted by atomic mass is 9.95. The number of carbonyl (C=O) groups is 1. The molecule has 1 aliphatic rings. The van der Waals surface area contributed by atoms with Crippen LogP contribution in [0.15, 0.2) is 48.5 Å². The van der Waals surface area contributed by atoms with Crippen molar-refractivity contribution < 1.29 is 4.79 Å². The summed E-state index contributed by atoms with van der Waals surface area (Å²) >= 11 is 0. The Morgan fingerprint density at radius 3 is 2.65 bits per heavy atom. The van der Waals surface area contributed by atoms with Crippen molar-refractivity contribution in [3.63, 3.8) is 0 Å². The van der Waals surface area contributed by atoms with Crippen molar-refractivity contribution in [2.75, 3.05) is 6.54 Å². The maximum atomic E-state index is 12.9. The summed E-state index contributed by atoms with van der Waals surface area (Å²) in [6, 6.07) is 16.4. The molecule has 0 saturated carbocycles. The third kappa shape index (κ3) is 2.00. The van der Waals surface area contributed by atoms with Gasteiger partial charge in [0.25, 0.3) is 5.91 Å². The minimum Gasteiger partial charge on any atom is -0.358 e. The van der Waals surface area contributed by atoms with E-state index in [2.05, 4.69) is 43.1 Å². The zero-order valence-electron chi connectivity index (χ0n) is 13.5. The van der Waals surface area contributed by atoms with Crippen molar-refractivity contribution in [1.29, 1.82) is 0 Å². The molecule has 23 heavy (non-hydrogen) atoms. The first-order chi connectivity index (χ1) is 11.2. The van der Waals surface area contributed by atoms with Gasteiger partial charge in [0.2, 0.25) is 0 Å². The molecule has 2 heterocycles. The summed E-state index contributed by atoms with van der Waals surface area (Å²) in [5.74, 6) is 0.150. The fourth-order valence-corrected chi connectivity index (χ4v) is 3.80. The van der Waals surface area contributed by atoms with Gasteiger partial charge in [-0.15, -0.1) is 0 Å². The minimum absolute atomic E-state index is 0.00907. The molecule has 116 valence electrons. The highest BCUT2D eigenvalue weighted by Gasteiger charge is 2.38. The number of hydrogen-bond donors (Lipinski definition) is 1. The first kappa shape index (κ1) is 14.1. The van der Waals surface area contributed by atoms with Gasteiger partial charge in [-0.25, -0.2) is 0 Å². The lowest BCUT2D eigenvalue weighted by molar-refractivity contribution is 0.0750. The molecule has 4 rings (SSSR count). The summed E-state index contributed by atoms with van der Waals surface area (Å²) in [7, 11) is 0. The lowest BCUT2D eigenvalue weighted by Crippen LogP contribution is -2.29. The molecule has 0 spiro atoms. The van der Waals surface area contributed by atoms with Crippen molar-refractivity contribution in [1.82, 2.24) is 9.88 Å². The van der Waals surface area contributed by atoms with Gasteiger partial charge in [0.15, 0.2) is 0 Å². The molecule has 1 aliphatic heterocycles. The number of hydrogen-bond acceptors (Lipinski definition) is 1. The van der Waals surface area contributed by atoms with Crippen LogP contribution in [0.4, 0.5) is 0 Å². The molecule has 0 unspecified atom stereocenters. The third-order valence-electron chi connectivity index (χ3n) is 4.74. The fourth-order valence-electron chi connectivity index (χ4n) is 3.80. The van der Waals surface area contributed by atoms with Crippen LogP contribution in [0.3, 0.4) is 0 Å². The Morgan fingerprint density at radius 1 is 1.09 bits per heavy atom. The van der Waals surface area contributed by atoms with Crippen molar-refractivity contribution >= 4 is 16.8 Å². The number of benzene rings is 2. The third-order valence-corrected chi connectivity index (χ3v) is 4.74.